The molecule has 4 N–H and O–H groups in total. The quantitative estimate of drug-likeness (QED) is 0.435. The van der Waals surface area contributed by atoms with Crippen LogP contribution in [0.4, 0.5) is 28.8 Å². The van der Waals surface area contributed by atoms with E-state index in [9.17, 15) is 10.1 Å². The fourth-order valence-corrected chi connectivity index (χ4v) is 3.40. The Bertz CT molecular complexity index is 996. The van der Waals surface area contributed by atoms with Crippen LogP contribution in [0.2, 0.25) is 0 Å². The van der Waals surface area contributed by atoms with E-state index >= 15 is 0 Å². The number of hydrogen-bond acceptors (Lipinski definition) is 9. The summed E-state index contributed by atoms with van der Waals surface area (Å²) in [6.07, 6.45) is 2.62. The van der Waals surface area contributed by atoms with Crippen molar-refractivity contribution in [2.24, 2.45) is 0 Å². The monoisotopic (exact) mass is 436 g/mol. The van der Waals surface area contributed by atoms with Gasteiger partial charge in [0.15, 0.2) is 0 Å². The van der Waals surface area contributed by atoms with E-state index in [2.05, 4.69) is 49.2 Å². The van der Waals surface area contributed by atoms with Crippen molar-refractivity contribution in [3.05, 3.63) is 42.6 Å². The number of hydrogen-bond donors (Lipinski definition) is 4. The van der Waals surface area contributed by atoms with Gasteiger partial charge in [-0.15, -0.1) is 0 Å². The molecule has 1 saturated heterocycles. The summed E-state index contributed by atoms with van der Waals surface area (Å²) in [7, 11) is 0. The molecule has 0 unspecified atom stereocenters. The van der Waals surface area contributed by atoms with Crippen molar-refractivity contribution in [2.45, 2.75) is 6.92 Å². The van der Waals surface area contributed by atoms with Gasteiger partial charge in [0.05, 0.1) is 24.2 Å². The molecule has 10 nitrogen and oxygen atoms in total. The van der Waals surface area contributed by atoms with Crippen LogP contribution in [0, 0.1) is 11.3 Å². The minimum atomic E-state index is -0.327. The Hall–Kier alpha value is -3.68. The Morgan fingerprint density at radius 2 is 2.09 bits per heavy atom. The lowest BCUT2D eigenvalue weighted by Gasteiger charge is -2.35. The second-order valence-corrected chi connectivity index (χ2v) is 7.19. The molecule has 2 heterocycles. The van der Waals surface area contributed by atoms with Crippen molar-refractivity contribution in [1.29, 1.82) is 5.26 Å². The number of amides is 1. The van der Waals surface area contributed by atoms with Gasteiger partial charge in [-0.25, -0.2) is 4.98 Å². The predicted octanol–water partition coefficient (Wildman–Crippen LogP) is 1.76. The lowest BCUT2D eigenvalue weighted by molar-refractivity contribution is -0.111. The maximum atomic E-state index is 12.0. The van der Waals surface area contributed by atoms with Gasteiger partial charge >= 0.3 is 0 Å². The van der Waals surface area contributed by atoms with Crippen molar-refractivity contribution in [2.75, 3.05) is 66.7 Å². The first-order valence-corrected chi connectivity index (χ1v) is 10.5. The number of benzene rings is 1. The summed E-state index contributed by atoms with van der Waals surface area (Å²) in [6.45, 7) is 10.7. The Morgan fingerprint density at radius 1 is 1.31 bits per heavy atom. The summed E-state index contributed by atoms with van der Waals surface area (Å²) in [4.78, 5) is 25.2. The van der Waals surface area contributed by atoms with Crippen LogP contribution < -0.4 is 20.9 Å². The van der Waals surface area contributed by atoms with Gasteiger partial charge in [0, 0.05) is 38.4 Å². The first-order chi connectivity index (χ1) is 15.6. The van der Waals surface area contributed by atoms with Crippen LogP contribution in [0.25, 0.3) is 0 Å². The molecular weight excluding hydrogens is 408 g/mol. The molecule has 1 amide bonds. The summed E-state index contributed by atoms with van der Waals surface area (Å²) >= 11 is 0. The minimum Gasteiger partial charge on any atom is -0.395 e. The number of aromatic nitrogens is 2. The van der Waals surface area contributed by atoms with E-state index in [1.165, 1.54) is 12.3 Å². The van der Waals surface area contributed by atoms with E-state index < -0.39 is 0 Å². The number of nitrogens with one attached hydrogen (secondary N) is 3. The number of carbonyl (C=O) groups is 1. The molecule has 0 aliphatic carbocycles. The Balaban J connectivity index is 1.86. The Labute approximate surface area is 187 Å². The molecule has 1 aliphatic heterocycles. The molecule has 0 spiro atoms. The number of likely N-dealkylation sites (N-methyl/N-ethyl adjacent to an activating group) is 1. The third-order valence-electron chi connectivity index (χ3n) is 5.19. The standard InChI is InChI=1S/C22H28N8O2/c1-3-20(32)26-19-13-17(30-10-8-29(4-2)9-11-30)5-6-18(19)27-22-25-15-16(14-23)21(28-22)24-7-12-31/h3,5-6,13,15,31H,1,4,7-12H2,2H3,(H,26,32)(H2,24,25,27,28). The lowest BCUT2D eigenvalue weighted by Crippen LogP contribution is -2.46. The van der Waals surface area contributed by atoms with E-state index in [1.54, 1.807) is 0 Å². The smallest absolute Gasteiger partial charge is 0.247 e. The van der Waals surface area contributed by atoms with E-state index in [0.29, 0.717) is 17.2 Å². The van der Waals surface area contributed by atoms with Crippen molar-refractivity contribution < 1.29 is 9.90 Å². The van der Waals surface area contributed by atoms with Crippen molar-refractivity contribution in [1.82, 2.24) is 14.9 Å². The van der Waals surface area contributed by atoms with Gasteiger partial charge in [-0.3, -0.25) is 4.79 Å². The third-order valence-corrected chi connectivity index (χ3v) is 5.19. The first-order valence-electron chi connectivity index (χ1n) is 10.5. The maximum absolute atomic E-state index is 12.0. The largest absolute Gasteiger partial charge is 0.395 e. The molecule has 0 radical (unpaired) electrons. The van der Waals surface area contributed by atoms with Gasteiger partial charge in [0.25, 0.3) is 0 Å². The molecular formula is C22H28N8O2. The zero-order chi connectivity index (χ0) is 22.9. The van der Waals surface area contributed by atoms with Crippen LogP contribution in [0.15, 0.2) is 37.1 Å². The van der Waals surface area contributed by atoms with Crippen molar-refractivity contribution in [3.63, 3.8) is 0 Å². The zero-order valence-electron chi connectivity index (χ0n) is 18.1. The average Bonchev–Trinajstić information content (AvgIpc) is 2.83. The summed E-state index contributed by atoms with van der Waals surface area (Å²) in [6, 6.07) is 7.79. The molecule has 10 heteroatoms. The SMILES string of the molecule is C=CC(=O)Nc1cc(N2CCN(CC)CC2)ccc1Nc1ncc(C#N)c(NCCO)n1. The third kappa shape index (κ3) is 5.72. The Kier molecular flexibility index (Phi) is 7.96. The number of piperazine rings is 1. The molecule has 168 valence electrons. The van der Waals surface area contributed by atoms with Crippen LogP contribution in [-0.2, 0) is 4.79 Å². The molecule has 3 rings (SSSR count). The van der Waals surface area contributed by atoms with Crippen LogP contribution in [-0.4, -0.2) is 71.8 Å². The maximum Gasteiger partial charge on any atom is 0.247 e. The number of rotatable bonds is 9. The van der Waals surface area contributed by atoms with Crippen LogP contribution in [0.5, 0.6) is 0 Å². The topological polar surface area (TPSA) is 129 Å². The summed E-state index contributed by atoms with van der Waals surface area (Å²) in [5, 5.41) is 27.1. The number of anilines is 5. The van der Waals surface area contributed by atoms with Gasteiger partial charge in [0.1, 0.15) is 17.5 Å². The molecule has 32 heavy (non-hydrogen) atoms. The van der Waals surface area contributed by atoms with E-state index in [4.69, 9.17) is 5.11 Å². The normalized spacial score (nSPS) is 13.8. The molecule has 1 aliphatic rings. The number of aliphatic hydroxyl groups excluding tert-OH is 1. The van der Waals surface area contributed by atoms with Gasteiger partial charge in [0.2, 0.25) is 11.9 Å². The minimum absolute atomic E-state index is 0.0939. The summed E-state index contributed by atoms with van der Waals surface area (Å²) in [5.74, 6) is 0.246. The van der Waals surface area contributed by atoms with E-state index in [-0.39, 0.29) is 30.6 Å². The van der Waals surface area contributed by atoms with Crippen LogP contribution in [0.1, 0.15) is 12.5 Å². The molecule has 0 bridgehead atoms. The average molecular weight is 437 g/mol. The molecule has 1 aromatic carbocycles. The fourth-order valence-electron chi connectivity index (χ4n) is 3.40. The molecule has 2 aromatic rings. The predicted molar refractivity (Wildman–Crippen MR) is 125 cm³/mol. The lowest BCUT2D eigenvalue weighted by atomic mass is 10.2. The van der Waals surface area contributed by atoms with Gasteiger partial charge in [-0.05, 0) is 30.8 Å². The summed E-state index contributed by atoms with van der Waals surface area (Å²) in [5.41, 5.74) is 2.46. The highest BCUT2D eigenvalue weighted by molar-refractivity contribution is 6.01. The highest BCUT2D eigenvalue weighted by atomic mass is 16.3. The van der Waals surface area contributed by atoms with Gasteiger partial charge in [-0.2, -0.15) is 10.2 Å². The highest BCUT2D eigenvalue weighted by Gasteiger charge is 2.18. The summed E-state index contributed by atoms with van der Waals surface area (Å²) < 4.78 is 0. The Morgan fingerprint density at radius 3 is 2.75 bits per heavy atom. The molecule has 1 fully saturated rings. The van der Waals surface area contributed by atoms with Gasteiger partial charge < -0.3 is 30.9 Å². The number of nitrogens with zero attached hydrogens (tertiary/aromatic N) is 5. The van der Waals surface area contributed by atoms with Crippen molar-refractivity contribution >= 4 is 34.7 Å². The van der Waals surface area contributed by atoms with Crippen LogP contribution in [0.3, 0.4) is 0 Å². The molecule has 1 aromatic heterocycles. The van der Waals surface area contributed by atoms with Crippen LogP contribution >= 0.6 is 0 Å². The van der Waals surface area contributed by atoms with Gasteiger partial charge in [-0.1, -0.05) is 13.5 Å². The fraction of sp³-hybridized carbons (Fsp3) is 0.364. The number of aliphatic hydroxyl groups is 1. The zero-order valence-corrected chi connectivity index (χ0v) is 18.1. The molecule has 0 saturated carbocycles. The number of carbonyl (C=O) groups excluding carboxylic acids is 1. The second kappa shape index (κ2) is 11.1. The second-order valence-electron chi connectivity index (χ2n) is 7.19. The van der Waals surface area contributed by atoms with E-state index in [1.807, 2.05) is 24.3 Å². The van der Waals surface area contributed by atoms with E-state index in [0.717, 1.165) is 38.4 Å². The van der Waals surface area contributed by atoms with Crippen molar-refractivity contribution in [3.8, 4) is 6.07 Å². The highest BCUT2D eigenvalue weighted by Crippen LogP contribution is 2.30. The number of nitriles is 1. The molecule has 0 atom stereocenters. The first kappa shape index (κ1) is 23.0.